The first kappa shape index (κ1) is 64.0. The number of rotatable bonds is 4. The Bertz CT molecular complexity index is 4160. The zero-order valence-electron chi connectivity index (χ0n) is 45.9. The number of anilines is 2. The van der Waals surface area contributed by atoms with Gasteiger partial charge in [0.2, 0.25) is 0 Å². The quantitative estimate of drug-likeness (QED) is 0.0763. The number of hydrogen-bond acceptors (Lipinski definition) is 32. The summed E-state index contributed by atoms with van der Waals surface area (Å²) < 4.78 is 88.6. The summed E-state index contributed by atoms with van der Waals surface area (Å²) in [6, 6.07) is 3.27. The van der Waals surface area contributed by atoms with Crippen LogP contribution in [0.2, 0.25) is 0 Å². The highest BCUT2D eigenvalue weighted by Crippen LogP contribution is 2.59. The second-order valence-electron chi connectivity index (χ2n) is 20.9. The zero-order valence-corrected chi connectivity index (χ0v) is 52.8. The lowest BCUT2D eigenvalue weighted by molar-refractivity contribution is -0.0606. The Morgan fingerprint density at radius 3 is 1.33 bits per heavy atom. The van der Waals surface area contributed by atoms with Crippen molar-refractivity contribution in [3.05, 3.63) is 82.2 Å². The Kier molecular flexibility index (Phi) is 17.3. The first-order valence-electron chi connectivity index (χ1n) is 26.6. The predicted octanol–water partition coefficient (Wildman–Crippen LogP) is -0.734. The van der Waals surface area contributed by atoms with E-state index in [2.05, 4.69) is 62.1 Å². The SMILES string of the molecule is Cc1nc2c(ncn2[C@@H]2O[C@@H]3COP(O)(=S)O[C@@H]4C(O)[C@H](n5ccc6c(N)ncnc65)O[C@@H]4COP(=O)(S)O[C@H]2C3O)c(=O)[nH]1.Cc1nc2c(ncn2[C@@H]2O[C@@H]3COP(O)(=S)O[C@@H]4C(O)[C@H](n5ccc6c(N)ncnc65)O[C@@H]4COP(O)(=S)O[C@H]2C3O)c(=O)[nH]1. The molecule has 14 heterocycles. The molecule has 20 atom stereocenters. The number of H-pyrrole nitrogens is 2. The van der Waals surface area contributed by atoms with Crippen LogP contribution in [0.15, 0.2) is 59.4 Å². The van der Waals surface area contributed by atoms with Crippen LogP contribution in [0.3, 0.4) is 0 Å². The molecule has 6 saturated heterocycles. The van der Waals surface area contributed by atoms with Crippen LogP contribution in [0.25, 0.3) is 44.4 Å². The lowest BCUT2D eigenvalue weighted by Gasteiger charge is -2.28. The van der Waals surface area contributed by atoms with Gasteiger partial charge in [-0.25, -0.2) is 44.4 Å². The van der Waals surface area contributed by atoms with Crippen molar-refractivity contribution >= 4 is 131 Å². The van der Waals surface area contributed by atoms with Crippen LogP contribution >= 0.6 is 39.2 Å². The average Bonchev–Trinajstić information content (AvgIpc) is 1.81. The van der Waals surface area contributed by atoms with Gasteiger partial charge < -0.3 is 98.2 Å². The number of nitrogen functional groups attached to an aromatic ring is 2. The molecule has 0 spiro atoms. The molecular formula is C44H52N16O22P4S4. The Hall–Kier alpha value is -4.69. The highest BCUT2D eigenvalue weighted by Gasteiger charge is 2.55. The van der Waals surface area contributed by atoms with Crippen LogP contribution in [0.1, 0.15) is 36.6 Å². The van der Waals surface area contributed by atoms with E-state index in [1.165, 1.54) is 43.6 Å². The summed E-state index contributed by atoms with van der Waals surface area (Å²) >= 11 is 19.9. The van der Waals surface area contributed by atoms with Gasteiger partial charge in [0.15, 0.2) is 47.2 Å². The Labute approximate surface area is 523 Å². The standard InChI is InChI=1S/2C22H26N8O11P2S2/c2*1-8-27-19-12(20(33)28-8)26-7-30(19)22-16-13(31)10(38-22)4-36-42(34,44)40-15-11(5-37-43(35,45)41-16)39-21(14(15)32)29-3-2-9-17(23)24-6-25-18(9)29/h2*2-3,6-7,10-11,13-16,21-22,31-32H,4-5H2,1H3,(H,34,44)(H,35,45)(H2,23,24,25)(H,27,28,33)/t2*10-,11-,13?,14?,15+,16+,21-,22-,42?,43?/m11/s1. The first-order chi connectivity index (χ1) is 42.6. The fraction of sp³-hybridized carbons (Fsp3) is 0.500. The third kappa shape index (κ3) is 12.2. The molecule has 4 bridgehead atoms. The Balaban J connectivity index is 0.000000165. The molecule has 484 valence electrons. The lowest BCUT2D eigenvalue weighted by Crippen LogP contribution is -2.36. The number of imidazole rings is 2. The largest absolute Gasteiger partial charge is 0.387 e. The molecule has 0 amide bonds. The topological polar surface area (TPSA) is 510 Å². The van der Waals surface area contributed by atoms with Gasteiger partial charge in [-0.3, -0.25) is 41.3 Å². The van der Waals surface area contributed by atoms with Crippen LogP contribution in [0.4, 0.5) is 11.6 Å². The van der Waals surface area contributed by atoms with Crippen molar-refractivity contribution in [2.75, 3.05) is 37.9 Å². The third-order valence-electron chi connectivity index (χ3n) is 15.2. The van der Waals surface area contributed by atoms with Crippen LogP contribution in [0.5, 0.6) is 0 Å². The van der Waals surface area contributed by atoms with E-state index in [1.807, 2.05) is 0 Å². The molecule has 46 heteroatoms. The second-order valence-corrected chi connectivity index (χ2v) is 32.2. The zero-order chi connectivity index (χ0) is 63.7. The van der Waals surface area contributed by atoms with E-state index in [0.717, 1.165) is 0 Å². The molecule has 0 radical (unpaired) electrons. The van der Waals surface area contributed by atoms with Gasteiger partial charge in [0.25, 0.3) is 11.1 Å². The van der Waals surface area contributed by atoms with Crippen LogP contribution in [-0.2, 0) is 95.1 Å². The van der Waals surface area contributed by atoms with E-state index in [1.54, 1.807) is 38.4 Å². The summed E-state index contributed by atoms with van der Waals surface area (Å²) in [6.45, 7) is -15.7. The number of aromatic nitrogens is 14. The highest BCUT2D eigenvalue weighted by molar-refractivity contribution is 8.44. The normalized spacial score (nSPS) is 37.7. The molecule has 0 aromatic carbocycles. The van der Waals surface area contributed by atoms with E-state index < -0.39 is 163 Å². The predicted molar refractivity (Wildman–Crippen MR) is 319 cm³/mol. The molecular weight excluding hydrogens is 1360 g/mol. The highest BCUT2D eigenvalue weighted by atomic mass is 32.7. The molecule has 6 aliphatic rings. The van der Waals surface area contributed by atoms with Crippen molar-refractivity contribution < 1.29 is 94.8 Å². The molecule has 0 aliphatic carbocycles. The van der Waals surface area contributed by atoms with E-state index in [-0.39, 0.29) is 45.6 Å². The van der Waals surface area contributed by atoms with Crippen molar-refractivity contribution in [2.24, 2.45) is 0 Å². The molecule has 6 aliphatic heterocycles. The minimum Gasteiger partial charge on any atom is -0.387 e. The van der Waals surface area contributed by atoms with Crippen molar-refractivity contribution in [3.63, 3.8) is 0 Å². The number of nitrogens with zero attached hydrogens (tertiary/aromatic N) is 12. The van der Waals surface area contributed by atoms with Gasteiger partial charge in [0.05, 0.1) is 49.9 Å². The number of ether oxygens (including phenoxy) is 4. The monoisotopic (exact) mass is 1410 g/mol. The minimum absolute atomic E-state index is 0.00681. The fourth-order valence-corrected chi connectivity index (χ4v) is 16.8. The number of nitrogens with two attached hydrogens (primary N) is 2. The van der Waals surface area contributed by atoms with E-state index in [0.29, 0.717) is 22.1 Å². The Morgan fingerprint density at radius 2 is 0.900 bits per heavy atom. The van der Waals surface area contributed by atoms with E-state index in [4.69, 9.17) is 102 Å². The van der Waals surface area contributed by atoms with Gasteiger partial charge in [0.1, 0.15) is 120 Å². The van der Waals surface area contributed by atoms with Gasteiger partial charge in [-0.05, 0) is 61.4 Å². The van der Waals surface area contributed by atoms with Crippen LogP contribution in [-0.4, -0.2) is 203 Å². The maximum atomic E-state index is 13.6. The molecule has 8 aromatic rings. The number of aliphatic hydroxyl groups excluding tert-OH is 4. The number of aliphatic hydroxyl groups is 4. The van der Waals surface area contributed by atoms with E-state index >= 15 is 0 Å². The summed E-state index contributed by atoms with van der Waals surface area (Å²) in [4.78, 5) is 96.2. The molecule has 90 heavy (non-hydrogen) atoms. The lowest BCUT2D eigenvalue weighted by atomic mass is 10.1. The number of aryl methyl sites for hydroxylation is 2. The number of thiol groups is 1. The van der Waals surface area contributed by atoms with Gasteiger partial charge in [-0.2, -0.15) is 0 Å². The third-order valence-corrected chi connectivity index (χ3v) is 21.4. The summed E-state index contributed by atoms with van der Waals surface area (Å²) in [5.74, 6) is 0.990. The minimum atomic E-state index is -4.33. The second kappa shape index (κ2) is 24.3. The molecule has 0 saturated carbocycles. The first-order valence-corrected chi connectivity index (χ1v) is 37.1. The van der Waals surface area contributed by atoms with Gasteiger partial charge in [0, 0.05) is 12.4 Å². The summed E-state index contributed by atoms with van der Waals surface area (Å²) in [5, 5.41) is 46.0. The molecule has 38 nitrogen and oxygen atoms in total. The summed E-state index contributed by atoms with van der Waals surface area (Å²) in [7, 11) is 0. The maximum Gasteiger partial charge on any atom is 0.386 e. The van der Waals surface area contributed by atoms with Gasteiger partial charge >= 0.3 is 27.0 Å². The average molecular weight is 1410 g/mol. The molecule has 14 rings (SSSR count). The molecule has 8 aromatic heterocycles. The number of fused-ring (bicyclic) bond motifs is 10. The summed E-state index contributed by atoms with van der Waals surface area (Å²) in [5.41, 5.74) is 11.8. The fourth-order valence-electron chi connectivity index (χ4n) is 11.1. The summed E-state index contributed by atoms with van der Waals surface area (Å²) in [6.07, 6.45) is -12.8. The smallest absolute Gasteiger partial charge is 0.386 e. The number of aromatic amines is 2. The van der Waals surface area contributed by atoms with Crippen molar-refractivity contribution in [1.82, 2.24) is 68.1 Å². The van der Waals surface area contributed by atoms with Crippen molar-refractivity contribution in [3.8, 4) is 0 Å². The molecule has 13 N–H and O–H groups in total. The van der Waals surface area contributed by atoms with E-state index in [9.17, 15) is 49.3 Å². The van der Waals surface area contributed by atoms with Gasteiger partial charge in [-0.1, -0.05) is 12.2 Å². The number of hydrogen-bond donors (Lipinski definition) is 12. The van der Waals surface area contributed by atoms with Gasteiger partial charge in [-0.15, -0.1) is 0 Å². The Morgan fingerprint density at radius 1 is 0.522 bits per heavy atom. The number of nitrogens with one attached hydrogen (secondary N) is 2. The van der Waals surface area contributed by atoms with Crippen LogP contribution < -0.4 is 22.6 Å². The molecule has 8 unspecified atom stereocenters. The maximum absolute atomic E-state index is 13.6. The van der Waals surface area contributed by atoms with Crippen molar-refractivity contribution in [1.29, 1.82) is 0 Å². The van der Waals surface area contributed by atoms with Crippen molar-refractivity contribution in [2.45, 2.75) is 112 Å². The molecule has 6 fully saturated rings. The van der Waals surface area contributed by atoms with Crippen LogP contribution in [0, 0.1) is 13.8 Å².